The Morgan fingerprint density at radius 2 is 1.51 bits per heavy atom. The largest absolute Gasteiger partial charge is 0.493 e. The van der Waals surface area contributed by atoms with E-state index in [4.69, 9.17) is 33.2 Å². The van der Waals surface area contributed by atoms with E-state index >= 15 is 0 Å². The van der Waals surface area contributed by atoms with Crippen LogP contribution >= 0.6 is 0 Å². The van der Waals surface area contributed by atoms with Crippen molar-refractivity contribution in [3.05, 3.63) is 29.3 Å². The molecule has 10 heteroatoms. The van der Waals surface area contributed by atoms with Gasteiger partial charge in [0, 0.05) is 23.7 Å². The number of carbonyl (C=O) groups is 2. The highest BCUT2D eigenvalue weighted by molar-refractivity contribution is 6.05. The summed E-state index contributed by atoms with van der Waals surface area (Å²) in [5.74, 6) is 1.18. The maximum Gasteiger partial charge on any atom is 0.338 e. The van der Waals surface area contributed by atoms with Crippen molar-refractivity contribution < 1.29 is 42.7 Å². The minimum absolute atomic E-state index is 0.0490. The fourth-order valence-corrected chi connectivity index (χ4v) is 3.92. The molecular weight excluding hydrogens is 458 g/mol. The van der Waals surface area contributed by atoms with Crippen molar-refractivity contribution in [3.63, 3.8) is 0 Å². The van der Waals surface area contributed by atoms with E-state index in [9.17, 15) is 9.59 Å². The lowest BCUT2D eigenvalue weighted by Gasteiger charge is -2.18. The quantitative estimate of drug-likeness (QED) is 0.324. The van der Waals surface area contributed by atoms with Gasteiger partial charge in [-0.2, -0.15) is 0 Å². The first-order valence-electron chi connectivity index (χ1n) is 11.1. The van der Waals surface area contributed by atoms with Crippen molar-refractivity contribution in [2.45, 2.75) is 19.8 Å². The van der Waals surface area contributed by atoms with Gasteiger partial charge in [0.05, 0.1) is 26.9 Å². The molecule has 0 radical (unpaired) electrons. The highest BCUT2D eigenvalue weighted by Crippen LogP contribution is 2.56. The first-order valence-corrected chi connectivity index (χ1v) is 11.1. The summed E-state index contributed by atoms with van der Waals surface area (Å²) >= 11 is 0. The number of ether oxygens (including phenoxy) is 7. The number of esters is 1. The summed E-state index contributed by atoms with van der Waals surface area (Å²) in [7, 11) is 4.25. The van der Waals surface area contributed by atoms with Crippen LogP contribution in [0.1, 0.15) is 35.7 Å². The molecular formula is C25H27NO9. The Labute approximate surface area is 202 Å². The van der Waals surface area contributed by atoms with Gasteiger partial charge in [0.2, 0.25) is 31.0 Å². The zero-order valence-corrected chi connectivity index (χ0v) is 20.0. The summed E-state index contributed by atoms with van der Waals surface area (Å²) in [6.45, 7) is 2.50. The molecule has 0 aromatic heterocycles. The molecule has 0 saturated carbocycles. The maximum absolute atomic E-state index is 12.9. The molecule has 2 aromatic carbocycles. The lowest BCUT2D eigenvalue weighted by molar-refractivity contribution is -0.116. The van der Waals surface area contributed by atoms with Gasteiger partial charge in [-0.3, -0.25) is 4.79 Å². The van der Waals surface area contributed by atoms with Crippen LogP contribution in [0, 0.1) is 0 Å². The van der Waals surface area contributed by atoms with Crippen molar-refractivity contribution in [3.8, 4) is 45.6 Å². The summed E-state index contributed by atoms with van der Waals surface area (Å²) in [6.07, 6.45) is 4.87. The standard InChI is InChI=1S/C25H27NO9/c1-5-6-9-26-18(27)8-7-14-10-16(29-2)21-23(34-12-32-21)19(14)20-15(25(28)31-4)11-17(30-3)22-24(20)35-13-33-22/h7-8,10-11H,5-6,9,12-13H2,1-4H3,(H,26,27)/b8-7+. The smallest absolute Gasteiger partial charge is 0.338 e. The first-order chi connectivity index (χ1) is 17.0. The lowest BCUT2D eigenvalue weighted by atomic mass is 9.91. The highest BCUT2D eigenvalue weighted by Gasteiger charge is 2.35. The van der Waals surface area contributed by atoms with E-state index in [1.807, 2.05) is 6.92 Å². The number of hydrogen-bond acceptors (Lipinski definition) is 9. The second-order valence-corrected chi connectivity index (χ2v) is 7.64. The second-order valence-electron chi connectivity index (χ2n) is 7.64. The van der Waals surface area contributed by atoms with Crippen LogP contribution < -0.4 is 33.7 Å². The van der Waals surface area contributed by atoms with Crippen LogP contribution in [-0.2, 0) is 9.53 Å². The third-order valence-electron chi connectivity index (χ3n) is 5.59. The zero-order valence-electron chi connectivity index (χ0n) is 20.0. The molecule has 35 heavy (non-hydrogen) atoms. The number of carbonyl (C=O) groups excluding carboxylic acids is 2. The van der Waals surface area contributed by atoms with E-state index < -0.39 is 5.97 Å². The number of fused-ring (bicyclic) bond motifs is 2. The molecule has 0 bridgehead atoms. The summed E-state index contributed by atoms with van der Waals surface area (Å²) in [4.78, 5) is 25.3. The predicted octanol–water partition coefficient (Wildman–Crippen LogP) is 3.54. The number of methoxy groups -OCH3 is 3. The molecule has 2 aliphatic rings. The Morgan fingerprint density at radius 1 is 0.914 bits per heavy atom. The topological polar surface area (TPSA) is 111 Å². The third-order valence-corrected chi connectivity index (χ3v) is 5.59. The second kappa shape index (κ2) is 10.5. The van der Waals surface area contributed by atoms with Gasteiger partial charge in [0.1, 0.15) is 0 Å². The number of hydrogen-bond donors (Lipinski definition) is 1. The van der Waals surface area contributed by atoms with E-state index in [0.29, 0.717) is 52.0 Å². The van der Waals surface area contributed by atoms with Crippen molar-refractivity contribution >= 4 is 18.0 Å². The molecule has 0 aliphatic carbocycles. The average Bonchev–Trinajstić information content (AvgIpc) is 3.56. The molecule has 0 spiro atoms. The summed E-state index contributed by atoms with van der Waals surface area (Å²) in [6, 6.07) is 3.22. The van der Waals surface area contributed by atoms with Crippen LogP contribution in [0.2, 0.25) is 0 Å². The van der Waals surface area contributed by atoms with Gasteiger partial charge in [-0.15, -0.1) is 0 Å². The monoisotopic (exact) mass is 485 g/mol. The zero-order chi connectivity index (χ0) is 24.9. The molecule has 0 fully saturated rings. The molecule has 1 amide bonds. The first kappa shape index (κ1) is 24.1. The SMILES string of the molecule is CCCCNC(=O)/C=C/c1cc(OC)c2c(c1-c1c(C(=O)OC)cc(OC)c3c1OCO3)OCO2. The van der Waals surface area contributed by atoms with Gasteiger partial charge in [-0.1, -0.05) is 13.3 Å². The molecule has 0 unspecified atom stereocenters. The Balaban J connectivity index is 1.95. The van der Waals surface area contributed by atoms with Crippen LogP contribution in [-0.4, -0.2) is 53.3 Å². The lowest BCUT2D eigenvalue weighted by Crippen LogP contribution is -2.21. The molecule has 1 N–H and O–H groups in total. The predicted molar refractivity (Wildman–Crippen MR) is 126 cm³/mol. The number of amides is 1. The van der Waals surface area contributed by atoms with E-state index in [1.54, 1.807) is 12.1 Å². The minimum atomic E-state index is -0.618. The summed E-state index contributed by atoms with van der Waals surface area (Å²) in [5.41, 5.74) is 1.52. The number of benzene rings is 2. The van der Waals surface area contributed by atoms with E-state index in [1.165, 1.54) is 33.5 Å². The molecule has 186 valence electrons. The van der Waals surface area contributed by atoms with Crippen molar-refractivity contribution in [1.29, 1.82) is 0 Å². The number of unbranched alkanes of at least 4 members (excludes halogenated alkanes) is 1. The van der Waals surface area contributed by atoms with E-state index in [-0.39, 0.29) is 30.8 Å². The Kier molecular flexibility index (Phi) is 7.19. The van der Waals surface area contributed by atoms with Crippen LogP contribution in [0.25, 0.3) is 17.2 Å². The van der Waals surface area contributed by atoms with Crippen molar-refractivity contribution in [2.75, 3.05) is 41.5 Å². The molecule has 0 saturated heterocycles. The van der Waals surface area contributed by atoms with Crippen LogP contribution in [0.3, 0.4) is 0 Å². The minimum Gasteiger partial charge on any atom is -0.493 e. The van der Waals surface area contributed by atoms with Gasteiger partial charge >= 0.3 is 5.97 Å². The molecule has 0 atom stereocenters. The third kappa shape index (κ3) is 4.51. The summed E-state index contributed by atoms with van der Waals surface area (Å²) < 4.78 is 38.8. The molecule has 2 aliphatic heterocycles. The van der Waals surface area contributed by atoms with Gasteiger partial charge in [-0.05, 0) is 30.2 Å². The maximum atomic E-state index is 12.9. The van der Waals surface area contributed by atoms with Gasteiger partial charge in [0.25, 0.3) is 0 Å². The number of nitrogens with one attached hydrogen (secondary N) is 1. The van der Waals surface area contributed by atoms with E-state index in [0.717, 1.165) is 12.8 Å². The summed E-state index contributed by atoms with van der Waals surface area (Å²) in [5, 5.41) is 2.84. The van der Waals surface area contributed by atoms with Gasteiger partial charge in [-0.25, -0.2) is 4.79 Å². The fraction of sp³-hybridized carbons (Fsp3) is 0.360. The van der Waals surface area contributed by atoms with Crippen LogP contribution in [0.15, 0.2) is 18.2 Å². The van der Waals surface area contributed by atoms with Crippen molar-refractivity contribution in [1.82, 2.24) is 5.32 Å². The van der Waals surface area contributed by atoms with Gasteiger partial charge in [0.15, 0.2) is 23.0 Å². The van der Waals surface area contributed by atoms with Gasteiger partial charge < -0.3 is 38.5 Å². The molecule has 2 aromatic rings. The highest BCUT2D eigenvalue weighted by atomic mass is 16.7. The van der Waals surface area contributed by atoms with E-state index in [2.05, 4.69) is 5.32 Å². The Hall–Kier alpha value is -4.08. The van der Waals surface area contributed by atoms with Crippen LogP contribution in [0.4, 0.5) is 0 Å². The van der Waals surface area contributed by atoms with Crippen molar-refractivity contribution in [2.24, 2.45) is 0 Å². The van der Waals surface area contributed by atoms with Crippen LogP contribution in [0.5, 0.6) is 34.5 Å². The number of rotatable bonds is 9. The fourth-order valence-electron chi connectivity index (χ4n) is 3.92. The molecule has 2 heterocycles. The average molecular weight is 485 g/mol. The molecule has 10 nitrogen and oxygen atoms in total. The normalized spacial score (nSPS) is 13.1. The molecule has 4 rings (SSSR count). The Bertz CT molecular complexity index is 1170. The Morgan fingerprint density at radius 3 is 2.11 bits per heavy atom.